The number of hydrogen-bond acceptors (Lipinski definition) is 4. The Bertz CT molecular complexity index is 648. The van der Waals surface area contributed by atoms with E-state index in [4.69, 9.17) is 14.3 Å². The second-order valence-corrected chi connectivity index (χ2v) is 4.69. The second kappa shape index (κ2) is 5.68. The lowest BCUT2D eigenvalue weighted by atomic mass is 10.2. The number of benzene rings is 1. The third kappa shape index (κ3) is 2.70. The predicted molar refractivity (Wildman–Crippen MR) is 67.2 cm³/mol. The fraction of sp³-hybridized carbons (Fsp3) is 0.167. The predicted octanol–water partition coefficient (Wildman–Crippen LogP) is 3.23. The molecule has 20 heavy (non-hydrogen) atoms. The van der Waals surface area contributed by atoms with E-state index < -0.39 is 34.8 Å². The summed E-state index contributed by atoms with van der Waals surface area (Å²) >= 11 is 2.94. The molecule has 5 nitrogen and oxygen atoms in total. The molecule has 0 aliphatic rings. The molecule has 1 aromatic heterocycles. The molecule has 0 saturated carbocycles. The second-order valence-electron chi connectivity index (χ2n) is 3.78. The zero-order valence-corrected chi connectivity index (χ0v) is 11.7. The Morgan fingerprint density at radius 1 is 1.45 bits per heavy atom. The molecular formula is C12H8BrF2NO4. The van der Waals surface area contributed by atoms with Crippen LogP contribution in [-0.2, 0) is 11.3 Å². The van der Waals surface area contributed by atoms with Crippen molar-refractivity contribution in [1.82, 2.24) is 4.98 Å². The summed E-state index contributed by atoms with van der Waals surface area (Å²) in [6.07, 6.45) is 0. The van der Waals surface area contributed by atoms with E-state index in [1.807, 2.05) is 0 Å². The standard InChI is InChI=1S/C12H8BrF2NO4/c1-19-4-8-10(12(17)18)20-11(16-8)9-6(14)2-5(13)3-7(9)15/h2-3H,4H2,1H3,(H,17,18). The van der Waals surface area contributed by atoms with Crippen molar-refractivity contribution in [3.8, 4) is 11.5 Å². The number of aromatic nitrogens is 1. The number of carbonyl (C=O) groups is 1. The van der Waals surface area contributed by atoms with Crippen LogP contribution in [0.1, 0.15) is 16.2 Å². The van der Waals surface area contributed by atoms with Crippen LogP contribution in [0.3, 0.4) is 0 Å². The fourth-order valence-electron chi connectivity index (χ4n) is 1.61. The van der Waals surface area contributed by atoms with Gasteiger partial charge >= 0.3 is 5.97 Å². The van der Waals surface area contributed by atoms with Crippen LogP contribution in [0.15, 0.2) is 21.0 Å². The molecule has 0 fully saturated rings. The highest BCUT2D eigenvalue weighted by molar-refractivity contribution is 9.10. The first-order valence-corrected chi connectivity index (χ1v) is 6.10. The highest BCUT2D eigenvalue weighted by atomic mass is 79.9. The lowest BCUT2D eigenvalue weighted by Gasteiger charge is -2.01. The molecule has 0 bridgehead atoms. The summed E-state index contributed by atoms with van der Waals surface area (Å²) in [6.45, 7) is -0.148. The normalized spacial score (nSPS) is 10.8. The summed E-state index contributed by atoms with van der Waals surface area (Å²) in [7, 11) is 1.33. The van der Waals surface area contributed by atoms with Gasteiger partial charge in [-0.2, -0.15) is 0 Å². The van der Waals surface area contributed by atoms with Crippen LogP contribution >= 0.6 is 15.9 Å². The van der Waals surface area contributed by atoms with Gasteiger partial charge in [-0.05, 0) is 12.1 Å². The maximum absolute atomic E-state index is 13.8. The summed E-state index contributed by atoms with van der Waals surface area (Å²) in [5.41, 5.74) is -0.574. The first kappa shape index (κ1) is 14.6. The van der Waals surface area contributed by atoms with Crippen molar-refractivity contribution in [2.75, 3.05) is 7.11 Å². The van der Waals surface area contributed by atoms with E-state index in [0.717, 1.165) is 12.1 Å². The van der Waals surface area contributed by atoms with Crippen LogP contribution in [0.4, 0.5) is 8.78 Å². The highest BCUT2D eigenvalue weighted by Crippen LogP contribution is 2.30. The molecule has 0 saturated heterocycles. The maximum Gasteiger partial charge on any atom is 0.373 e. The zero-order valence-electron chi connectivity index (χ0n) is 10.1. The van der Waals surface area contributed by atoms with Crippen LogP contribution < -0.4 is 0 Å². The lowest BCUT2D eigenvalue weighted by molar-refractivity contribution is 0.0656. The van der Waals surface area contributed by atoms with Crippen LogP contribution in [0.5, 0.6) is 0 Å². The Labute approximate surface area is 120 Å². The van der Waals surface area contributed by atoms with E-state index in [1.54, 1.807) is 0 Å². The van der Waals surface area contributed by atoms with Gasteiger partial charge in [0.2, 0.25) is 11.7 Å². The molecule has 0 atom stereocenters. The van der Waals surface area contributed by atoms with Gasteiger partial charge in [-0.1, -0.05) is 15.9 Å². The molecule has 1 heterocycles. The topological polar surface area (TPSA) is 72.6 Å². The molecule has 2 aromatic rings. The number of carboxylic acid groups (broad SMARTS) is 1. The van der Waals surface area contributed by atoms with Gasteiger partial charge in [-0.3, -0.25) is 0 Å². The number of oxazole rings is 1. The summed E-state index contributed by atoms with van der Waals surface area (Å²) in [6, 6.07) is 2.05. The molecular weight excluding hydrogens is 340 g/mol. The van der Waals surface area contributed by atoms with Crippen molar-refractivity contribution < 1.29 is 27.8 Å². The molecule has 106 valence electrons. The van der Waals surface area contributed by atoms with Gasteiger partial charge in [0.05, 0.1) is 6.61 Å². The Morgan fingerprint density at radius 2 is 2.05 bits per heavy atom. The first-order chi connectivity index (χ1) is 9.43. The molecule has 1 aromatic carbocycles. The van der Waals surface area contributed by atoms with Crippen molar-refractivity contribution in [3.63, 3.8) is 0 Å². The summed E-state index contributed by atoms with van der Waals surface area (Å²) in [5.74, 6) is -4.19. The monoisotopic (exact) mass is 347 g/mol. The quantitative estimate of drug-likeness (QED) is 0.919. The summed E-state index contributed by atoms with van der Waals surface area (Å²) in [4.78, 5) is 14.8. The molecule has 2 rings (SSSR count). The number of methoxy groups -OCH3 is 1. The van der Waals surface area contributed by atoms with E-state index in [-0.39, 0.29) is 16.8 Å². The largest absolute Gasteiger partial charge is 0.475 e. The molecule has 0 unspecified atom stereocenters. The van der Waals surface area contributed by atoms with Gasteiger partial charge in [-0.15, -0.1) is 0 Å². The van der Waals surface area contributed by atoms with Gasteiger partial charge in [0.15, 0.2) is 0 Å². The van der Waals surface area contributed by atoms with Crippen LogP contribution in [0.25, 0.3) is 11.5 Å². The molecule has 0 amide bonds. The lowest BCUT2D eigenvalue weighted by Crippen LogP contribution is -2.00. The third-order valence-electron chi connectivity index (χ3n) is 2.39. The molecule has 1 N–H and O–H groups in total. The van der Waals surface area contributed by atoms with Gasteiger partial charge in [0, 0.05) is 11.6 Å². The molecule has 8 heteroatoms. The van der Waals surface area contributed by atoms with Crippen molar-refractivity contribution in [1.29, 1.82) is 0 Å². The van der Waals surface area contributed by atoms with Crippen molar-refractivity contribution >= 4 is 21.9 Å². The maximum atomic E-state index is 13.8. The number of carboxylic acids is 1. The van der Waals surface area contributed by atoms with Crippen molar-refractivity contribution in [2.24, 2.45) is 0 Å². The van der Waals surface area contributed by atoms with Crippen molar-refractivity contribution in [3.05, 3.63) is 39.7 Å². The van der Waals surface area contributed by atoms with Gasteiger partial charge < -0.3 is 14.3 Å². The molecule has 0 spiro atoms. The van der Waals surface area contributed by atoms with Crippen LogP contribution in [0.2, 0.25) is 0 Å². The average Bonchev–Trinajstić information content (AvgIpc) is 2.72. The van der Waals surface area contributed by atoms with E-state index in [2.05, 4.69) is 20.9 Å². The summed E-state index contributed by atoms with van der Waals surface area (Å²) in [5, 5.41) is 8.95. The summed E-state index contributed by atoms with van der Waals surface area (Å²) < 4.78 is 37.5. The number of nitrogens with zero attached hydrogens (tertiary/aromatic N) is 1. The SMILES string of the molecule is COCc1nc(-c2c(F)cc(Br)cc2F)oc1C(=O)O. The smallest absolute Gasteiger partial charge is 0.373 e. The number of ether oxygens (including phenoxy) is 1. The Balaban J connectivity index is 2.59. The highest BCUT2D eigenvalue weighted by Gasteiger charge is 2.24. The minimum Gasteiger partial charge on any atom is -0.475 e. The minimum atomic E-state index is -1.39. The number of hydrogen-bond donors (Lipinski definition) is 1. The van der Waals surface area contributed by atoms with Gasteiger partial charge in [0.1, 0.15) is 22.9 Å². The van der Waals surface area contributed by atoms with Gasteiger partial charge in [-0.25, -0.2) is 18.6 Å². The molecule has 0 radical (unpaired) electrons. The Morgan fingerprint density at radius 3 is 2.55 bits per heavy atom. The Kier molecular flexibility index (Phi) is 4.15. The van der Waals surface area contributed by atoms with E-state index in [1.165, 1.54) is 7.11 Å². The van der Waals surface area contributed by atoms with E-state index in [9.17, 15) is 13.6 Å². The number of rotatable bonds is 4. The average molecular weight is 348 g/mol. The van der Waals surface area contributed by atoms with Gasteiger partial charge in [0.25, 0.3) is 0 Å². The van der Waals surface area contributed by atoms with E-state index >= 15 is 0 Å². The zero-order chi connectivity index (χ0) is 14.9. The van der Waals surface area contributed by atoms with E-state index in [0.29, 0.717) is 0 Å². The molecule has 0 aliphatic carbocycles. The molecule has 0 aliphatic heterocycles. The third-order valence-corrected chi connectivity index (χ3v) is 2.85. The number of aromatic carboxylic acids is 1. The minimum absolute atomic E-state index is 0.0447. The fourth-order valence-corrected chi connectivity index (χ4v) is 2.01. The van der Waals surface area contributed by atoms with Crippen LogP contribution in [-0.4, -0.2) is 23.2 Å². The van der Waals surface area contributed by atoms with Crippen LogP contribution in [0, 0.1) is 11.6 Å². The first-order valence-electron chi connectivity index (χ1n) is 5.31. The number of halogens is 3. The Hall–Kier alpha value is -1.80. The van der Waals surface area contributed by atoms with Crippen molar-refractivity contribution in [2.45, 2.75) is 6.61 Å².